The highest BCUT2D eigenvalue weighted by Gasteiger charge is 2.22. The maximum Gasteiger partial charge on any atom is 0.0750 e. The van der Waals surface area contributed by atoms with Gasteiger partial charge in [-0.1, -0.05) is 12.1 Å². The number of nitrogens with zero attached hydrogens (tertiary/aromatic N) is 1. The van der Waals surface area contributed by atoms with Crippen molar-refractivity contribution in [2.45, 2.75) is 18.9 Å². The number of benzene rings is 1. The molecule has 0 bridgehead atoms. The van der Waals surface area contributed by atoms with E-state index < -0.39 is 0 Å². The highest BCUT2D eigenvalue weighted by Crippen LogP contribution is 2.29. The van der Waals surface area contributed by atoms with Crippen LogP contribution < -0.4 is 10.2 Å². The smallest absolute Gasteiger partial charge is 0.0750 e. The molecule has 0 radical (unpaired) electrons. The molecule has 1 aromatic carbocycles. The minimum atomic E-state index is 0.436. The quantitative estimate of drug-likeness (QED) is 0.822. The minimum Gasteiger partial charge on any atom is -0.382 e. The molecule has 3 nitrogen and oxygen atoms in total. The van der Waals surface area contributed by atoms with Crippen LogP contribution in [0.15, 0.2) is 24.3 Å². The van der Waals surface area contributed by atoms with Crippen molar-refractivity contribution in [3.05, 3.63) is 24.3 Å². The maximum absolute atomic E-state index is 5.71. The summed E-state index contributed by atoms with van der Waals surface area (Å²) in [5.41, 5.74) is 2.58. The number of fused-ring (bicyclic) bond motifs is 1. The Morgan fingerprint density at radius 3 is 3.19 bits per heavy atom. The zero-order valence-electron chi connectivity index (χ0n) is 9.48. The first-order valence-corrected chi connectivity index (χ1v) is 6.13. The van der Waals surface area contributed by atoms with Crippen molar-refractivity contribution >= 4 is 11.4 Å². The minimum absolute atomic E-state index is 0.436. The molecule has 0 aromatic heterocycles. The molecule has 1 fully saturated rings. The summed E-state index contributed by atoms with van der Waals surface area (Å²) in [6.45, 7) is 4.09. The molecule has 2 heterocycles. The molecular weight excluding hydrogens is 200 g/mol. The van der Waals surface area contributed by atoms with Gasteiger partial charge in [-0.2, -0.15) is 0 Å². The lowest BCUT2D eigenvalue weighted by atomic mass is 10.1. The topological polar surface area (TPSA) is 24.5 Å². The molecule has 1 atom stereocenters. The van der Waals surface area contributed by atoms with Crippen molar-refractivity contribution in [1.82, 2.24) is 0 Å². The molecule has 16 heavy (non-hydrogen) atoms. The van der Waals surface area contributed by atoms with E-state index >= 15 is 0 Å². The summed E-state index contributed by atoms with van der Waals surface area (Å²) in [6, 6.07) is 8.53. The maximum atomic E-state index is 5.71. The molecule has 0 amide bonds. The van der Waals surface area contributed by atoms with Gasteiger partial charge < -0.3 is 15.0 Å². The second-order valence-corrected chi connectivity index (χ2v) is 4.52. The van der Waals surface area contributed by atoms with Crippen LogP contribution >= 0.6 is 0 Å². The van der Waals surface area contributed by atoms with E-state index in [1.807, 2.05) is 0 Å². The molecule has 1 saturated heterocycles. The fourth-order valence-corrected chi connectivity index (χ4v) is 2.57. The number of hydrogen-bond acceptors (Lipinski definition) is 3. The third-order valence-electron chi connectivity index (χ3n) is 3.39. The number of rotatable bonds is 2. The van der Waals surface area contributed by atoms with Gasteiger partial charge in [-0.05, 0) is 25.0 Å². The monoisotopic (exact) mass is 218 g/mol. The molecule has 2 aliphatic heterocycles. The molecule has 0 spiro atoms. The van der Waals surface area contributed by atoms with Crippen LogP contribution in [0.2, 0.25) is 0 Å². The summed E-state index contributed by atoms with van der Waals surface area (Å²) in [5, 5.41) is 3.44. The van der Waals surface area contributed by atoms with Crippen molar-refractivity contribution in [2.75, 3.05) is 36.5 Å². The second-order valence-electron chi connectivity index (χ2n) is 4.52. The van der Waals surface area contributed by atoms with Crippen LogP contribution in [0.1, 0.15) is 12.8 Å². The Labute approximate surface area is 96.4 Å². The van der Waals surface area contributed by atoms with Gasteiger partial charge in [0.25, 0.3) is 0 Å². The molecule has 1 N–H and O–H groups in total. The molecular formula is C13H18N2O. The number of para-hydroxylation sites is 2. The van der Waals surface area contributed by atoms with E-state index in [1.165, 1.54) is 24.2 Å². The number of hydrogen-bond donors (Lipinski definition) is 1. The molecule has 1 unspecified atom stereocenters. The lowest BCUT2D eigenvalue weighted by molar-refractivity contribution is 0.115. The highest BCUT2D eigenvalue weighted by atomic mass is 16.5. The van der Waals surface area contributed by atoms with Crippen LogP contribution in [-0.2, 0) is 4.74 Å². The molecule has 3 rings (SSSR count). The molecule has 0 aliphatic carbocycles. The Morgan fingerprint density at radius 2 is 2.31 bits per heavy atom. The summed E-state index contributed by atoms with van der Waals surface area (Å²) in [5.74, 6) is 0. The van der Waals surface area contributed by atoms with Gasteiger partial charge in [-0.15, -0.1) is 0 Å². The largest absolute Gasteiger partial charge is 0.382 e. The second kappa shape index (κ2) is 4.34. The molecule has 2 aliphatic rings. The van der Waals surface area contributed by atoms with E-state index in [9.17, 15) is 0 Å². The van der Waals surface area contributed by atoms with E-state index in [0.717, 1.165) is 26.2 Å². The summed E-state index contributed by atoms with van der Waals surface area (Å²) >= 11 is 0. The standard InChI is InChI=1S/C13H18N2O/c1-2-6-13-12(5-1)14-7-8-15(13)10-11-4-3-9-16-11/h1-2,5-6,11,14H,3-4,7-10H2. The normalized spacial score (nSPS) is 24.0. The van der Waals surface area contributed by atoms with Crippen molar-refractivity contribution in [3.63, 3.8) is 0 Å². The van der Waals surface area contributed by atoms with E-state index in [4.69, 9.17) is 4.74 Å². The van der Waals surface area contributed by atoms with Gasteiger partial charge in [0.15, 0.2) is 0 Å². The Morgan fingerprint density at radius 1 is 1.38 bits per heavy atom. The number of ether oxygens (including phenoxy) is 1. The zero-order valence-corrected chi connectivity index (χ0v) is 9.48. The van der Waals surface area contributed by atoms with Crippen molar-refractivity contribution in [3.8, 4) is 0 Å². The molecule has 86 valence electrons. The first kappa shape index (κ1) is 9.97. The predicted octanol–water partition coefficient (Wildman–Crippen LogP) is 2.10. The Bertz CT molecular complexity index is 361. The first-order chi connectivity index (χ1) is 7.93. The summed E-state index contributed by atoms with van der Waals surface area (Å²) in [6.07, 6.45) is 2.87. The fraction of sp³-hybridized carbons (Fsp3) is 0.538. The van der Waals surface area contributed by atoms with Gasteiger partial charge in [-0.3, -0.25) is 0 Å². The van der Waals surface area contributed by atoms with Crippen LogP contribution in [0.4, 0.5) is 11.4 Å². The summed E-state index contributed by atoms with van der Waals surface area (Å²) in [7, 11) is 0. The highest BCUT2D eigenvalue weighted by molar-refractivity contribution is 5.71. The van der Waals surface area contributed by atoms with Crippen LogP contribution in [-0.4, -0.2) is 32.3 Å². The molecule has 0 saturated carbocycles. The average molecular weight is 218 g/mol. The Kier molecular flexibility index (Phi) is 2.70. The van der Waals surface area contributed by atoms with Gasteiger partial charge in [0.05, 0.1) is 17.5 Å². The van der Waals surface area contributed by atoms with E-state index in [1.54, 1.807) is 0 Å². The van der Waals surface area contributed by atoms with E-state index in [0.29, 0.717) is 6.10 Å². The van der Waals surface area contributed by atoms with E-state index in [2.05, 4.69) is 34.5 Å². The SMILES string of the molecule is c1ccc2c(c1)NCCN2CC1CCCO1. The van der Waals surface area contributed by atoms with Gasteiger partial charge >= 0.3 is 0 Å². The van der Waals surface area contributed by atoms with Gasteiger partial charge in [-0.25, -0.2) is 0 Å². The third kappa shape index (κ3) is 1.87. The zero-order chi connectivity index (χ0) is 10.8. The fourth-order valence-electron chi connectivity index (χ4n) is 2.57. The lowest BCUT2D eigenvalue weighted by Crippen LogP contribution is -2.39. The predicted molar refractivity (Wildman–Crippen MR) is 66.1 cm³/mol. The van der Waals surface area contributed by atoms with Crippen LogP contribution in [0.25, 0.3) is 0 Å². The first-order valence-electron chi connectivity index (χ1n) is 6.13. The number of anilines is 2. The molecule has 1 aromatic rings. The van der Waals surface area contributed by atoms with Crippen molar-refractivity contribution in [1.29, 1.82) is 0 Å². The van der Waals surface area contributed by atoms with Crippen LogP contribution in [0.3, 0.4) is 0 Å². The summed E-state index contributed by atoms with van der Waals surface area (Å²) in [4.78, 5) is 2.45. The summed E-state index contributed by atoms with van der Waals surface area (Å²) < 4.78 is 5.71. The van der Waals surface area contributed by atoms with Gasteiger partial charge in [0, 0.05) is 26.2 Å². The number of nitrogens with one attached hydrogen (secondary N) is 1. The van der Waals surface area contributed by atoms with E-state index in [-0.39, 0.29) is 0 Å². The Balaban J connectivity index is 1.76. The van der Waals surface area contributed by atoms with Crippen molar-refractivity contribution in [2.24, 2.45) is 0 Å². The lowest BCUT2D eigenvalue weighted by Gasteiger charge is -2.33. The molecule has 3 heteroatoms. The average Bonchev–Trinajstić information content (AvgIpc) is 2.82. The Hall–Kier alpha value is -1.22. The van der Waals surface area contributed by atoms with Crippen LogP contribution in [0.5, 0.6) is 0 Å². The van der Waals surface area contributed by atoms with Crippen LogP contribution in [0, 0.1) is 0 Å². The third-order valence-corrected chi connectivity index (χ3v) is 3.39. The van der Waals surface area contributed by atoms with Crippen molar-refractivity contribution < 1.29 is 4.74 Å². The van der Waals surface area contributed by atoms with Gasteiger partial charge in [0.1, 0.15) is 0 Å². The van der Waals surface area contributed by atoms with Gasteiger partial charge in [0.2, 0.25) is 0 Å².